The molecule has 1 fully saturated rings. The normalized spacial score (nSPS) is 15.9. The first kappa shape index (κ1) is 21.1. The lowest BCUT2D eigenvalue weighted by molar-refractivity contribution is -0.384. The molecule has 0 spiro atoms. The lowest BCUT2D eigenvalue weighted by Gasteiger charge is -2.34. The third-order valence-electron chi connectivity index (χ3n) is 4.37. The van der Waals surface area contributed by atoms with Gasteiger partial charge < -0.3 is 5.73 Å². The van der Waals surface area contributed by atoms with Crippen molar-refractivity contribution in [3.05, 3.63) is 64.2 Å². The van der Waals surface area contributed by atoms with Gasteiger partial charge in [0.2, 0.25) is 10.0 Å². The van der Waals surface area contributed by atoms with Crippen LogP contribution in [-0.2, 0) is 16.6 Å². The molecule has 0 bridgehead atoms. The first-order valence-corrected chi connectivity index (χ1v) is 9.61. The molecule has 27 heavy (non-hydrogen) atoms. The second kappa shape index (κ2) is 8.66. The predicted molar refractivity (Wildman–Crippen MR) is 105 cm³/mol. The Morgan fingerprint density at radius 3 is 2.22 bits per heavy atom. The molecular formula is C17H21ClN4O4S. The molecule has 10 heteroatoms. The number of sulfonamides is 1. The van der Waals surface area contributed by atoms with Gasteiger partial charge >= 0.3 is 0 Å². The summed E-state index contributed by atoms with van der Waals surface area (Å²) < 4.78 is 26.8. The number of benzene rings is 2. The van der Waals surface area contributed by atoms with Crippen LogP contribution < -0.4 is 5.73 Å². The van der Waals surface area contributed by atoms with Crippen molar-refractivity contribution < 1.29 is 13.3 Å². The van der Waals surface area contributed by atoms with Crippen LogP contribution in [0.3, 0.4) is 0 Å². The summed E-state index contributed by atoms with van der Waals surface area (Å²) >= 11 is 0. The second-order valence-electron chi connectivity index (χ2n) is 6.18. The van der Waals surface area contributed by atoms with Gasteiger partial charge in [-0.05, 0) is 29.8 Å². The van der Waals surface area contributed by atoms with Gasteiger partial charge in [-0.1, -0.05) is 12.1 Å². The van der Waals surface area contributed by atoms with Gasteiger partial charge in [0, 0.05) is 50.5 Å². The number of nitro benzene ring substituents is 1. The highest BCUT2D eigenvalue weighted by Gasteiger charge is 2.28. The first-order chi connectivity index (χ1) is 12.4. The maximum absolute atomic E-state index is 12.7. The summed E-state index contributed by atoms with van der Waals surface area (Å²) in [5.41, 5.74) is 7.46. The summed E-state index contributed by atoms with van der Waals surface area (Å²) in [6.07, 6.45) is 0. The van der Waals surface area contributed by atoms with Gasteiger partial charge in [0.1, 0.15) is 0 Å². The van der Waals surface area contributed by atoms with Gasteiger partial charge in [-0.25, -0.2) is 8.42 Å². The molecule has 2 aromatic carbocycles. The highest BCUT2D eigenvalue weighted by Crippen LogP contribution is 2.21. The van der Waals surface area contributed by atoms with E-state index in [4.69, 9.17) is 5.73 Å². The molecule has 0 saturated carbocycles. The molecule has 1 saturated heterocycles. The van der Waals surface area contributed by atoms with Crippen molar-refractivity contribution in [1.29, 1.82) is 0 Å². The summed E-state index contributed by atoms with van der Waals surface area (Å²) in [5.74, 6) is 0. The van der Waals surface area contributed by atoms with Gasteiger partial charge in [0.05, 0.1) is 9.82 Å². The van der Waals surface area contributed by atoms with Crippen molar-refractivity contribution >= 4 is 33.8 Å². The molecule has 0 unspecified atom stereocenters. The number of hydrogen-bond donors (Lipinski definition) is 1. The van der Waals surface area contributed by atoms with Crippen molar-refractivity contribution in [2.24, 2.45) is 0 Å². The standard InChI is InChI=1S/C17H20N4O4S.ClH/c18-15-3-1-2-14(12-15)13-19-8-10-20(11-9-19)26(24,25)17-6-4-16(5-7-17)21(22)23;/h1-7,12H,8-11,13,18H2;1H. The maximum Gasteiger partial charge on any atom is 0.269 e. The Bertz CT molecular complexity index is 897. The van der Waals surface area contributed by atoms with Crippen LogP contribution in [-0.4, -0.2) is 48.7 Å². The van der Waals surface area contributed by atoms with E-state index in [1.165, 1.54) is 28.6 Å². The van der Waals surface area contributed by atoms with E-state index in [2.05, 4.69) is 4.90 Å². The van der Waals surface area contributed by atoms with Gasteiger partial charge in [0.15, 0.2) is 0 Å². The van der Waals surface area contributed by atoms with E-state index in [1.807, 2.05) is 24.3 Å². The zero-order valence-electron chi connectivity index (χ0n) is 14.5. The molecule has 0 amide bonds. The molecule has 0 aliphatic carbocycles. The fourth-order valence-corrected chi connectivity index (χ4v) is 4.39. The highest BCUT2D eigenvalue weighted by molar-refractivity contribution is 7.89. The molecule has 0 atom stereocenters. The minimum absolute atomic E-state index is 0. The van der Waals surface area contributed by atoms with Crippen LogP contribution in [0.4, 0.5) is 11.4 Å². The Morgan fingerprint density at radius 2 is 1.67 bits per heavy atom. The van der Waals surface area contributed by atoms with Gasteiger partial charge in [-0.15, -0.1) is 12.4 Å². The Morgan fingerprint density at radius 1 is 1.04 bits per heavy atom. The largest absolute Gasteiger partial charge is 0.399 e. The smallest absolute Gasteiger partial charge is 0.269 e. The number of nitro groups is 1. The molecule has 1 aliphatic rings. The number of nitrogen functional groups attached to an aromatic ring is 1. The molecule has 2 aromatic rings. The lowest BCUT2D eigenvalue weighted by Crippen LogP contribution is -2.48. The summed E-state index contributed by atoms with van der Waals surface area (Å²) in [4.78, 5) is 12.4. The van der Waals surface area contributed by atoms with E-state index in [1.54, 1.807) is 0 Å². The molecule has 8 nitrogen and oxygen atoms in total. The van der Waals surface area contributed by atoms with Crippen molar-refractivity contribution in [3.63, 3.8) is 0 Å². The lowest BCUT2D eigenvalue weighted by atomic mass is 10.2. The number of halogens is 1. The third kappa shape index (κ3) is 4.95. The van der Waals surface area contributed by atoms with Crippen LogP contribution in [0.5, 0.6) is 0 Å². The van der Waals surface area contributed by atoms with Gasteiger partial charge in [-0.2, -0.15) is 4.31 Å². The molecular weight excluding hydrogens is 392 g/mol. The Kier molecular flexibility index (Phi) is 6.77. The van der Waals surface area contributed by atoms with Crippen LogP contribution in [0.2, 0.25) is 0 Å². The first-order valence-electron chi connectivity index (χ1n) is 8.17. The van der Waals surface area contributed by atoms with E-state index >= 15 is 0 Å². The maximum atomic E-state index is 12.7. The van der Waals surface area contributed by atoms with Crippen LogP contribution >= 0.6 is 12.4 Å². The summed E-state index contributed by atoms with van der Waals surface area (Å²) in [6.45, 7) is 2.70. The number of rotatable bonds is 5. The number of hydrogen-bond acceptors (Lipinski definition) is 6. The molecule has 1 heterocycles. The van der Waals surface area contributed by atoms with Gasteiger partial charge in [0.25, 0.3) is 5.69 Å². The highest BCUT2D eigenvalue weighted by atomic mass is 35.5. The summed E-state index contributed by atoms with van der Waals surface area (Å²) in [5, 5.41) is 10.7. The van der Waals surface area contributed by atoms with E-state index in [9.17, 15) is 18.5 Å². The molecule has 3 rings (SSSR count). The SMILES string of the molecule is Cl.Nc1cccc(CN2CCN(S(=O)(=O)c3ccc([N+](=O)[O-])cc3)CC2)c1. The van der Waals surface area contributed by atoms with Crippen molar-refractivity contribution in [3.8, 4) is 0 Å². The molecule has 2 N–H and O–H groups in total. The van der Waals surface area contributed by atoms with Crippen LogP contribution in [0, 0.1) is 10.1 Å². The van der Waals surface area contributed by atoms with Crippen molar-refractivity contribution in [2.75, 3.05) is 31.9 Å². The molecule has 0 aromatic heterocycles. The minimum atomic E-state index is -3.64. The summed E-state index contributed by atoms with van der Waals surface area (Å²) in [7, 11) is -3.64. The number of nitrogens with zero attached hydrogens (tertiary/aromatic N) is 3. The zero-order chi connectivity index (χ0) is 18.7. The predicted octanol–water partition coefficient (Wildman–Crippen LogP) is 2.11. The third-order valence-corrected chi connectivity index (χ3v) is 6.29. The second-order valence-corrected chi connectivity index (χ2v) is 8.11. The number of nitrogens with two attached hydrogens (primary N) is 1. The zero-order valence-corrected chi connectivity index (χ0v) is 16.2. The van der Waals surface area contributed by atoms with Crippen molar-refractivity contribution in [1.82, 2.24) is 9.21 Å². The van der Waals surface area contributed by atoms with E-state index in [-0.39, 0.29) is 23.0 Å². The quantitative estimate of drug-likeness (QED) is 0.457. The molecule has 1 aliphatic heterocycles. The Hall–Kier alpha value is -2.20. The number of anilines is 1. The number of non-ortho nitro benzene ring substituents is 1. The Balaban J connectivity index is 0.00000261. The number of piperazine rings is 1. The fourth-order valence-electron chi connectivity index (χ4n) is 2.97. The monoisotopic (exact) mass is 412 g/mol. The van der Waals surface area contributed by atoms with Gasteiger partial charge in [-0.3, -0.25) is 15.0 Å². The van der Waals surface area contributed by atoms with Crippen molar-refractivity contribution in [2.45, 2.75) is 11.4 Å². The Labute approximate surface area is 164 Å². The average Bonchev–Trinajstić information content (AvgIpc) is 2.62. The minimum Gasteiger partial charge on any atom is -0.399 e. The van der Waals surface area contributed by atoms with Crippen LogP contribution in [0.1, 0.15) is 5.56 Å². The van der Waals surface area contributed by atoms with E-state index in [0.717, 1.165) is 12.1 Å². The van der Waals surface area contributed by atoms with E-state index in [0.29, 0.717) is 31.9 Å². The van der Waals surface area contributed by atoms with Crippen LogP contribution in [0.25, 0.3) is 0 Å². The molecule has 146 valence electrons. The average molecular weight is 413 g/mol. The summed E-state index contributed by atoms with van der Waals surface area (Å²) in [6, 6.07) is 12.6. The van der Waals surface area contributed by atoms with E-state index < -0.39 is 14.9 Å². The molecule has 0 radical (unpaired) electrons. The van der Waals surface area contributed by atoms with Crippen LogP contribution in [0.15, 0.2) is 53.4 Å². The topological polar surface area (TPSA) is 110 Å². The fraction of sp³-hybridized carbons (Fsp3) is 0.294.